The number of H-pyrrole nitrogens is 1. The second kappa shape index (κ2) is 9.05. The summed E-state index contributed by atoms with van der Waals surface area (Å²) in [5, 5.41) is 10.2. The van der Waals surface area contributed by atoms with Gasteiger partial charge in [-0.3, -0.25) is 9.89 Å². The topological polar surface area (TPSA) is 106 Å². The molecule has 0 unspecified atom stereocenters. The summed E-state index contributed by atoms with van der Waals surface area (Å²) in [6.45, 7) is 0. The van der Waals surface area contributed by atoms with Gasteiger partial charge in [-0.1, -0.05) is 23.9 Å². The van der Waals surface area contributed by atoms with Gasteiger partial charge in [-0.15, -0.1) is 5.10 Å². The third kappa shape index (κ3) is 4.68. The second-order valence-corrected chi connectivity index (χ2v) is 6.52. The first-order chi connectivity index (χ1) is 13.6. The summed E-state index contributed by atoms with van der Waals surface area (Å²) in [4.78, 5) is 27.9. The normalized spacial score (nSPS) is 10.4. The maximum Gasteiger partial charge on any atom is 0.337 e. The van der Waals surface area contributed by atoms with Gasteiger partial charge in [0.1, 0.15) is 5.75 Å². The molecule has 1 amide bonds. The number of benzene rings is 2. The Morgan fingerprint density at radius 1 is 1.11 bits per heavy atom. The van der Waals surface area contributed by atoms with Crippen molar-refractivity contribution in [3.63, 3.8) is 0 Å². The molecule has 0 saturated heterocycles. The first-order valence-corrected chi connectivity index (χ1v) is 9.26. The van der Waals surface area contributed by atoms with E-state index in [1.807, 2.05) is 24.3 Å². The highest BCUT2D eigenvalue weighted by Gasteiger charge is 2.12. The molecular formula is C19H18N4O4S. The molecule has 1 heterocycles. The van der Waals surface area contributed by atoms with E-state index in [1.165, 1.54) is 18.9 Å². The van der Waals surface area contributed by atoms with E-state index in [0.29, 0.717) is 28.0 Å². The Hall–Kier alpha value is -3.33. The number of nitrogens with zero attached hydrogens (tertiary/aromatic N) is 2. The van der Waals surface area contributed by atoms with Crippen LogP contribution in [0.3, 0.4) is 0 Å². The van der Waals surface area contributed by atoms with E-state index >= 15 is 0 Å². The highest BCUT2D eigenvalue weighted by Crippen LogP contribution is 2.27. The molecule has 2 aromatic carbocycles. The molecular weight excluding hydrogens is 380 g/mol. The van der Waals surface area contributed by atoms with Crippen molar-refractivity contribution < 1.29 is 19.1 Å². The first kappa shape index (κ1) is 19.4. The highest BCUT2D eigenvalue weighted by molar-refractivity contribution is 7.99. The Labute approximate surface area is 165 Å². The van der Waals surface area contributed by atoms with Crippen LogP contribution in [-0.2, 0) is 9.53 Å². The van der Waals surface area contributed by atoms with Gasteiger partial charge in [0.25, 0.3) is 0 Å². The number of carbonyl (C=O) groups is 2. The number of hydrogen-bond acceptors (Lipinski definition) is 7. The number of carbonyl (C=O) groups excluding carboxylic acids is 2. The van der Waals surface area contributed by atoms with Crippen molar-refractivity contribution >= 4 is 29.3 Å². The molecule has 0 aliphatic carbocycles. The van der Waals surface area contributed by atoms with E-state index in [-0.39, 0.29) is 11.7 Å². The Morgan fingerprint density at radius 2 is 1.86 bits per heavy atom. The molecule has 1 aromatic heterocycles. The van der Waals surface area contributed by atoms with Gasteiger partial charge in [-0.2, -0.15) is 0 Å². The van der Waals surface area contributed by atoms with E-state index in [2.05, 4.69) is 25.2 Å². The van der Waals surface area contributed by atoms with E-state index < -0.39 is 5.97 Å². The van der Waals surface area contributed by atoms with Gasteiger partial charge in [0, 0.05) is 5.69 Å². The lowest BCUT2D eigenvalue weighted by Crippen LogP contribution is -2.14. The van der Waals surface area contributed by atoms with Crippen LogP contribution >= 0.6 is 11.8 Å². The van der Waals surface area contributed by atoms with E-state index in [0.717, 1.165) is 5.56 Å². The molecule has 0 bridgehead atoms. The van der Waals surface area contributed by atoms with Crippen LogP contribution < -0.4 is 10.1 Å². The summed E-state index contributed by atoms with van der Waals surface area (Å²) in [5.74, 6) is 0.757. The minimum absolute atomic E-state index is 0.141. The average Bonchev–Trinajstić information content (AvgIpc) is 3.21. The fraction of sp³-hybridized carbons (Fsp3) is 0.158. The van der Waals surface area contributed by atoms with Gasteiger partial charge < -0.3 is 14.8 Å². The smallest absolute Gasteiger partial charge is 0.337 e. The molecule has 28 heavy (non-hydrogen) atoms. The summed E-state index contributed by atoms with van der Waals surface area (Å²) in [6.07, 6.45) is 0. The predicted molar refractivity (Wildman–Crippen MR) is 106 cm³/mol. The van der Waals surface area contributed by atoms with E-state index in [1.54, 1.807) is 31.4 Å². The Balaban J connectivity index is 1.57. The maximum atomic E-state index is 12.1. The van der Waals surface area contributed by atoms with Gasteiger partial charge in [0.05, 0.1) is 31.1 Å². The van der Waals surface area contributed by atoms with Crippen molar-refractivity contribution in [2.45, 2.75) is 5.16 Å². The largest absolute Gasteiger partial charge is 0.496 e. The summed E-state index contributed by atoms with van der Waals surface area (Å²) in [6, 6.07) is 13.9. The number of para-hydroxylation sites is 1. The summed E-state index contributed by atoms with van der Waals surface area (Å²) < 4.78 is 9.96. The van der Waals surface area contributed by atoms with Crippen LogP contribution in [0.15, 0.2) is 53.7 Å². The Kier molecular flexibility index (Phi) is 6.28. The monoisotopic (exact) mass is 398 g/mol. The van der Waals surface area contributed by atoms with Gasteiger partial charge in [0.2, 0.25) is 11.1 Å². The molecule has 144 valence electrons. The van der Waals surface area contributed by atoms with Crippen LogP contribution in [-0.4, -0.2) is 47.0 Å². The lowest BCUT2D eigenvalue weighted by molar-refractivity contribution is -0.113. The van der Waals surface area contributed by atoms with E-state index in [9.17, 15) is 9.59 Å². The number of aromatic nitrogens is 3. The fourth-order valence-corrected chi connectivity index (χ4v) is 3.00. The van der Waals surface area contributed by atoms with Crippen LogP contribution in [0.25, 0.3) is 11.4 Å². The Bertz CT molecular complexity index is 972. The molecule has 0 fully saturated rings. The summed E-state index contributed by atoms with van der Waals surface area (Å²) in [7, 11) is 2.91. The zero-order valence-corrected chi connectivity index (χ0v) is 16.1. The number of aromatic amines is 1. The van der Waals surface area contributed by atoms with Crippen molar-refractivity contribution in [3.05, 3.63) is 54.1 Å². The summed E-state index contributed by atoms with van der Waals surface area (Å²) in [5.41, 5.74) is 1.79. The lowest BCUT2D eigenvalue weighted by Gasteiger charge is -2.05. The number of hydrogen-bond donors (Lipinski definition) is 2. The molecule has 9 heteroatoms. The molecule has 3 aromatic rings. The lowest BCUT2D eigenvalue weighted by atomic mass is 10.2. The minimum atomic E-state index is -0.427. The van der Waals surface area contributed by atoms with Crippen LogP contribution in [0, 0.1) is 0 Å². The second-order valence-electron chi connectivity index (χ2n) is 5.57. The number of methoxy groups -OCH3 is 2. The molecule has 3 rings (SSSR count). The first-order valence-electron chi connectivity index (χ1n) is 8.27. The molecule has 0 atom stereocenters. The maximum absolute atomic E-state index is 12.1. The van der Waals surface area contributed by atoms with Crippen molar-refractivity contribution in [2.75, 3.05) is 25.3 Å². The van der Waals surface area contributed by atoms with Crippen LogP contribution in [0.5, 0.6) is 5.75 Å². The third-order valence-corrected chi connectivity index (χ3v) is 4.60. The zero-order valence-electron chi connectivity index (χ0n) is 15.3. The van der Waals surface area contributed by atoms with Gasteiger partial charge in [0.15, 0.2) is 5.82 Å². The van der Waals surface area contributed by atoms with Crippen molar-refractivity contribution in [1.29, 1.82) is 0 Å². The number of anilines is 1. The minimum Gasteiger partial charge on any atom is -0.496 e. The van der Waals surface area contributed by atoms with Crippen molar-refractivity contribution in [2.24, 2.45) is 0 Å². The molecule has 8 nitrogen and oxygen atoms in total. The number of amides is 1. The SMILES string of the molecule is COC(=O)c1ccc(NC(=O)CSc2n[nH]c(-c3ccccc3OC)n2)cc1. The number of thioether (sulfide) groups is 1. The third-order valence-electron chi connectivity index (χ3n) is 3.75. The molecule has 2 N–H and O–H groups in total. The predicted octanol–water partition coefficient (Wildman–Crippen LogP) is 3.00. The van der Waals surface area contributed by atoms with Gasteiger partial charge >= 0.3 is 5.97 Å². The van der Waals surface area contributed by atoms with Gasteiger partial charge in [-0.05, 0) is 36.4 Å². The van der Waals surface area contributed by atoms with Crippen LogP contribution in [0.1, 0.15) is 10.4 Å². The van der Waals surface area contributed by atoms with Crippen LogP contribution in [0.2, 0.25) is 0 Å². The molecule has 0 spiro atoms. The Morgan fingerprint density at radius 3 is 2.57 bits per heavy atom. The number of rotatable bonds is 7. The van der Waals surface area contributed by atoms with Crippen LogP contribution in [0.4, 0.5) is 5.69 Å². The summed E-state index contributed by atoms with van der Waals surface area (Å²) >= 11 is 1.21. The standard InChI is InChI=1S/C19H18N4O4S/c1-26-15-6-4-3-5-14(15)17-21-19(23-22-17)28-11-16(24)20-13-9-7-12(8-10-13)18(25)27-2/h3-10H,11H2,1-2H3,(H,20,24)(H,21,22,23). The van der Waals surface area contributed by atoms with E-state index in [4.69, 9.17) is 4.74 Å². The molecule has 0 saturated carbocycles. The fourth-order valence-electron chi connectivity index (χ4n) is 2.41. The quantitative estimate of drug-likeness (QED) is 0.465. The molecule has 0 aliphatic heterocycles. The van der Waals surface area contributed by atoms with Crippen molar-refractivity contribution in [3.8, 4) is 17.1 Å². The number of ether oxygens (including phenoxy) is 2. The van der Waals surface area contributed by atoms with Crippen molar-refractivity contribution in [1.82, 2.24) is 15.2 Å². The molecule has 0 radical (unpaired) electrons. The average molecular weight is 398 g/mol. The zero-order chi connectivity index (χ0) is 19.9. The number of esters is 1. The number of nitrogens with one attached hydrogen (secondary N) is 2. The molecule has 0 aliphatic rings. The highest BCUT2D eigenvalue weighted by atomic mass is 32.2. The van der Waals surface area contributed by atoms with Gasteiger partial charge in [-0.25, -0.2) is 9.78 Å².